The SMILES string of the molecule is COc1ccccc1N=c1ssc2c1-c1ccc(C)cc1N(C(=O)c1sc3ccccc3c1Cl)C2(C)C. The number of thiophene rings is 1. The summed E-state index contributed by atoms with van der Waals surface area (Å²) in [5, 5.41) is 1.43. The van der Waals surface area contributed by atoms with Crippen molar-refractivity contribution in [2.75, 3.05) is 12.0 Å². The number of amides is 1. The second-order valence-corrected chi connectivity index (χ2v) is 13.0. The number of benzene rings is 3. The zero-order valence-electron chi connectivity index (χ0n) is 20.7. The van der Waals surface area contributed by atoms with Crippen molar-refractivity contribution in [2.45, 2.75) is 26.3 Å². The Morgan fingerprint density at radius 2 is 1.78 bits per heavy atom. The first-order valence-electron chi connectivity index (χ1n) is 11.7. The Kier molecular flexibility index (Phi) is 5.99. The first-order chi connectivity index (χ1) is 17.8. The van der Waals surface area contributed by atoms with E-state index in [1.54, 1.807) is 27.8 Å². The van der Waals surface area contributed by atoms with Crippen LogP contribution in [0.15, 0.2) is 71.7 Å². The number of carbonyl (C=O) groups is 1. The summed E-state index contributed by atoms with van der Waals surface area (Å²) in [4.78, 5) is 22.9. The first kappa shape index (κ1) is 24.4. The largest absolute Gasteiger partial charge is 0.494 e. The summed E-state index contributed by atoms with van der Waals surface area (Å²) in [6.45, 7) is 6.26. The van der Waals surface area contributed by atoms with Gasteiger partial charge < -0.3 is 4.74 Å². The van der Waals surface area contributed by atoms with Gasteiger partial charge in [0, 0.05) is 21.2 Å². The number of methoxy groups -OCH3 is 1. The van der Waals surface area contributed by atoms with Crippen molar-refractivity contribution in [3.63, 3.8) is 0 Å². The molecule has 5 aromatic rings. The fourth-order valence-electron chi connectivity index (χ4n) is 4.87. The van der Waals surface area contributed by atoms with Crippen LogP contribution >= 0.6 is 43.6 Å². The van der Waals surface area contributed by atoms with Gasteiger partial charge in [-0.1, -0.05) is 74.7 Å². The normalized spacial score (nSPS) is 14.5. The molecule has 186 valence electrons. The number of hydrogen-bond acceptors (Lipinski definition) is 6. The zero-order valence-corrected chi connectivity index (χ0v) is 23.9. The van der Waals surface area contributed by atoms with Gasteiger partial charge in [-0.3, -0.25) is 9.69 Å². The van der Waals surface area contributed by atoms with E-state index in [-0.39, 0.29) is 5.91 Å². The molecule has 1 aliphatic rings. The molecular weight excluding hydrogens is 540 g/mol. The van der Waals surface area contributed by atoms with Crippen LogP contribution in [-0.4, -0.2) is 13.0 Å². The van der Waals surface area contributed by atoms with E-state index in [0.717, 1.165) is 53.4 Å². The summed E-state index contributed by atoms with van der Waals surface area (Å²) < 4.78 is 7.47. The number of para-hydroxylation sites is 2. The van der Waals surface area contributed by atoms with Crippen molar-refractivity contribution in [3.8, 4) is 16.9 Å². The highest BCUT2D eigenvalue weighted by molar-refractivity contribution is 7.68. The minimum Gasteiger partial charge on any atom is -0.494 e. The summed E-state index contributed by atoms with van der Waals surface area (Å²) in [5.74, 6) is 0.639. The molecule has 0 saturated heterocycles. The number of rotatable bonds is 3. The second-order valence-electron chi connectivity index (χ2n) is 9.42. The third-order valence-corrected chi connectivity index (χ3v) is 11.0. The van der Waals surface area contributed by atoms with Crippen LogP contribution in [0.3, 0.4) is 0 Å². The molecule has 0 fully saturated rings. The molecule has 3 aromatic carbocycles. The van der Waals surface area contributed by atoms with Crippen molar-refractivity contribution in [3.05, 3.63) is 91.7 Å². The van der Waals surface area contributed by atoms with Crippen molar-refractivity contribution >= 4 is 71.0 Å². The van der Waals surface area contributed by atoms with Crippen LogP contribution in [0.4, 0.5) is 11.4 Å². The molecular formula is C29H23ClN2O2S3. The number of ether oxygens (including phenoxy) is 1. The molecule has 0 atom stereocenters. The number of aryl methyl sites for hydroxylation is 1. The molecule has 2 aromatic heterocycles. The number of carbonyl (C=O) groups excluding carboxylic acids is 1. The predicted octanol–water partition coefficient (Wildman–Crippen LogP) is 8.79. The minimum atomic E-state index is -0.609. The fourth-order valence-corrected chi connectivity index (χ4v) is 9.27. The Labute approximate surface area is 231 Å². The maximum absolute atomic E-state index is 14.3. The Morgan fingerprint density at radius 3 is 2.57 bits per heavy atom. The summed E-state index contributed by atoms with van der Waals surface area (Å²) in [6, 6.07) is 21.9. The minimum absolute atomic E-state index is 0.0877. The molecule has 0 aliphatic carbocycles. The van der Waals surface area contributed by atoms with Crippen LogP contribution in [0.1, 0.15) is 34.0 Å². The highest BCUT2D eigenvalue weighted by atomic mass is 35.5. The maximum Gasteiger partial charge on any atom is 0.270 e. The topological polar surface area (TPSA) is 41.9 Å². The van der Waals surface area contributed by atoms with Crippen molar-refractivity contribution in [1.82, 2.24) is 0 Å². The van der Waals surface area contributed by atoms with Crippen molar-refractivity contribution in [2.24, 2.45) is 4.99 Å². The van der Waals surface area contributed by atoms with E-state index in [1.807, 2.05) is 60.4 Å². The Bertz CT molecular complexity index is 1760. The summed E-state index contributed by atoms with van der Waals surface area (Å²) >= 11 is 8.23. The average molecular weight is 563 g/mol. The summed E-state index contributed by atoms with van der Waals surface area (Å²) in [5.41, 5.74) is 4.20. The van der Waals surface area contributed by atoms with Crippen LogP contribution in [-0.2, 0) is 5.54 Å². The molecule has 1 aliphatic heterocycles. The molecule has 0 radical (unpaired) electrons. The molecule has 1 amide bonds. The van der Waals surface area contributed by atoms with E-state index in [0.29, 0.717) is 9.90 Å². The standard InChI is InChI=1S/C29H23ClN2O2S3/c1-16-13-14-17-20(15-16)32(28(33)25-24(30)18-9-5-8-12-22(18)35-25)29(2,3)26-23(17)27(37-36-26)31-19-10-6-7-11-21(19)34-4/h5-15H,1-4H3. The van der Waals surface area contributed by atoms with Gasteiger partial charge in [-0.15, -0.1) is 11.3 Å². The van der Waals surface area contributed by atoms with E-state index in [2.05, 4.69) is 32.0 Å². The van der Waals surface area contributed by atoms with Crippen LogP contribution in [0, 0.1) is 6.92 Å². The third kappa shape index (κ3) is 3.84. The lowest BCUT2D eigenvalue weighted by Gasteiger charge is -2.43. The monoisotopic (exact) mass is 562 g/mol. The molecule has 0 spiro atoms. The van der Waals surface area contributed by atoms with Crippen molar-refractivity contribution in [1.29, 1.82) is 0 Å². The Balaban J connectivity index is 1.58. The number of hydrogen-bond donors (Lipinski definition) is 0. The number of anilines is 1. The Hall–Kier alpha value is -2.97. The lowest BCUT2D eigenvalue weighted by Crippen LogP contribution is -2.48. The van der Waals surface area contributed by atoms with Crippen LogP contribution in [0.25, 0.3) is 21.2 Å². The number of fused-ring (bicyclic) bond motifs is 4. The highest BCUT2D eigenvalue weighted by Gasteiger charge is 2.44. The van der Waals surface area contributed by atoms with Crippen LogP contribution in [0.5, 0.6) is 5.75 Å². The number of nitrogens with zero attached hydrogens (tertiary/aromatic N) is 2. The third-order valence-electron chi connectivity index (χ3n) is 6.66. The van der Waals surface area contributed by atoms with E-state index in [4.69, 9.17) is 21.3 Å². The fraction of sp³-hybridized carbons (Fsp3) is 0.172. The quantitative estimate of drug-likeness (QED) is 0.206. The lowest BCUT2D eigenvalue weighted by molar-refractivity contribution is 0.0966. The van der Waals surface area contributed by atoms with Gasteiger partial charge in [0.2, 0.25) is 0 Å². The molecule has 4 nitrogen and oxygen atoms in total. The van der Waals surface area contributed by atoms with Gasteiger partial charge in [-0.25, -0.2) is 4.99 Å². The van der Waals surface area contributed by atoms with Gasteiger partial charge in [0.25, 0.3) is 5.91 Å². The van der Waals surface area contributed by atoms with E-state index in [1.165, 1.54) is 11.3 Å². The first-order valence-corrected chi connectivity index (χ1v) is 15.1. The zero-order chi connectivity index (χ0) is 25.9. The van der Waals surface area contributed by atoms with Gasteiger partial charge in [0.15, 0.2) is 0 Å². The van der Waals surface area contributed by atoms with Crippen molar-refractivity contribution < 1.29 is 9.53 Å². The molecule has 8 heteroatoms. The second kappa shape index (κ2) is 9.10. The number of halogens is 1. The predicted molar refractivity (Wildman–Crippen MR) is 157 cm³/mol. The molecule has 3 heterocycles. The van der Waals surface area contributed by atoms with E-state index in [9.17, 15) is 4.79 Å². The van der Waals surface area contributed by atoms with Crippen LogP contribution in [0.2, 0.25) is 5.02 Å². The van der Waals surface area contributed by atoms with Gasteiger partial charge in [0.1, 0.15) is 21.0 Å². The lowest BCUT2D eigenvalue weighted by atomic mass is 9.86. The summed E-state index contributed by atoms with van der Waals surface area (Å²) in [6.07, 6.45) is 0. The molecule has 0 unspecified atom stereocenters. The van der Waals surface area contributed by atoms with Gasteiger partial charge >= 0.3 is 0 Å². The molecule has 37 heavy (non-hydrogen) atoms. The van der Waals surface area contributed by atoms with Crippen LogP contribution < -0.4 is 14.3 Å². The molecule has 0 bridgehead atoms. The van der Waals surface area contributed by atoms with Gasteiger partial charge in [0.05, 0.1) is 28.2 Å². The molecule has 0 N–H and O–H groups in total. The summed E-state index contributed by atoms with van der Waals surface area (Å²) in [7, 11) is 4.95. The van der Waals surface area contributed by atoms with Gasteiger partial charge in [-0.2, -0.15) is 0 Å². The maximum atomic E-state index is 14.3. The molecule has 6 rings (SSSR count). The van der Waals surface area contributed by atoms with E-state index >= 15 is 0 Å². The average Bonchev–Trinajstić information content (AvgIpc) is 3.46. The Morgan fingerprint density at radius 1 is 1.03 bits per heavy atom. The van der Waals surface area contributed by atoms with E-state index < -0.39 is 5.54 Å². The van der Waals surface area contributed by atoms with Gasteiger partial charge in [-0.05, 0) is 50.6 Å². The smallest absolute Gasteiger partial charge is 0.270 e. The highest BCUT2D eigenvalue weighted by Crippen LogP contribution is 2.51. The molecule has 0 saturated carbocycles.